The van der Waals surface area contributed by atoms with Crippen molar-refractivity contribution in [2.24, 2.45) is 0 Å². The van der Waals surface area contributed by atoms with Gasteiger partial charge in [0.1, 0.15) is 5.75 Å². The third-order valence-corrected chi connectivity index (χ3v) is 3.99. The van der Waals surface area contributed by atoms with E-state index < -0.39 is 5.91 Å². The van der Waals surface area contributed by atoms with Crippen molar-refractivity contribution in [1.82, 2.24) is 10.5 Å². The van der Waals surface area contributed by atoms with E-state index in [0.717, 1.165) is 33.5 Å². The molecule has 0 atom stereocenters. The second kappa shape index (κ2) is 7.77. The van der Waals surface area contributed by atoms with Crippen LogP contribution in [0.25, 0.3) is 22.2 Å². The minimum atomic E-state index is -0.402. The first-order valence-electron chi connectivity index (χ1n) is 8.26. The monoisotopic (exact) mass is 336 g/mol. The van der Waals surface area contributed by atoms with Crippen molar-refractivity contribution in [3.63, 3.8) is 0 Å². The third-order valence-electron chi connectivity index (χ3n) is 3.99. The SMILES string of the molecule is CCOc1cccc(-c2cc(CCC(=O)NO)c3ccccc3n2)c1. The third kappa shape index (κ3) is 3.95. The predicted molar refractivity (Wildman–Crippen MR) is 96.6 cm³/mol. The molecule has 0 aliphatic carbocycles. The number of amides is 1. The molecule has 0 fully saturated rings. The smallest absolute Gasteiger partial charge is 0.243 e. The van der Waals surface area contributed by atoms with Gasteiger partial charge < -0.3 is 4.74 Å². The van der Waals surface area contributed by atoms with Gasteiger partial charge >= 0.3 is 0 Å². The number of benzene rings is 2. The highest BCUT2D eigenvalue weighted by Gasteiger charge is 2.10. The quantitative estimate of drug-likeness (QED) is 0.531. The Balaban J connectivity index is 2.04. The highest BCUT2D eigenvalue weighted by atomic mass is 16.5. The lowest BCUT2D eigenvalue weighted by Crippen LogP contribution is -2.18. The Labute approximate surface area is 146 Å². The lowest BCUT2D eigenvalue weighted by molar-refractivity contribution is -0.129. The van der Waals surface area contributed by atoms with Gasteiger partial charge in [0, 0.05) is 17.4 Å². The van der Waals surface area contributed by atoms with Gasteiger partial charge in [-0.2, -0.15) is 0 Å². The maximum Gasteiger partial charge on any atom is 0.243 e. The van der Waals surface area contributed by atoms with Gasteiger partial charge in [-0.25, -0.2) is 10.5 Å². The number of hydroxylamine groups is 1. The van der Waals surface area contributed by atoms with Crippen molar-refractivity contribution in [2.45, 2.75) is 19.8 Å². The van der Waals surface area contributed by atoms with Crippen LogP contribution in [0, 0.1) is 0 Å². The van der Waals surface area contributed by atoms with Crippen molar-refractivity contribution in [3.05, 3.63) is 60.2 Å². The van der Waals surface area contributed by atoms with Gasteiger partial charge in [-0.05, 0) is 43.2 Å². The number of fused-ring (bicyclic) bond motifs is 1. The van der Waals surface area contributed by atoms with E-state index in [1.165, 1.54) is 0 Å². The van der Waals surface area contributed by atoms with E-state index in [4.69, 9.17) is 14.9 Å². The average molecular weight is 336 g/mol. The summed E-state index contributed by atoms with van der Waals surface area (Å²) < 4.78 is 5.57. The predicted octanol–water partition coefficient (Wildman–Crippen LogP) is 3.74. The first-order chi connectivity index (χ1) is 12.2. The summed E-state index contributed by atoms with van der Waals surface area (Å²) in [6.45, 7) is 2.56. The summed E-state index contributed by atoms with van der Waals surface area (Å²) in [5, 5.41) is 9.73. The van der Waals surface area contributed by atoms with Crippen molar-refractivity contribution in [1.29, 1.82) is 0 Å². The van der Waals surface area contributed by atoms with E-state index in [2.05, 4.69) is 0 Å². The lowest BCUT2D eigenvalue weighted by atomic mass is 10.0. The van der Waals surface area contributed by atoms with E-state index >= 15 is 0 Å². The molecule has 1 heterocycles. The Kier molecular flexibility index (Phi) is 5.26. The first kappa shape index (κ1) is 16.9. The molecular weight excluding hydrogens is 316 g/mol. The van der Waals surface area contributed by atoms with Gasteiger partial charge in [-0.1, -0.05) is 30.3 Å². The topological polar surface area (TPSA) is 71.5 Å². The fraction of sp³-hybridized carbons (Fsp3) is 0.200. The van der Waals surface area contributed by atoms with Crippen LogP contribution in [-0.4, -0.2) is 22.7 Å². The number of aromatic nitrogens is 1. The summed E-state index contributed by atoms with van der Waals surface area (Å²) in [6.07, 6.45) is 0.733. The Hall–Kier alpha value is -2.92. The number of nitrogens with zero attached hydrogens (tertiary/aromatic N) is 1. The number of pyridine rings is 1. The fourth-order valence-corrected chi connectivity index (χ4v) is 2.82. The maximum absolute atomic E-state index is 11.4. The largest absolute Gasteiger partial charge is 0.494 e. The number of carbonyl (C=O) groups is 1. The molecular formula is C20H20N2O3. The average Bonchev–Trinajstić information content (AvgIpc) is 2.66. The van der Waals surface area contributed by atoms with E-state index in [1.54, 1.807) is 5.48 Å². The minimum Gasteiger partial charge on any atom is -0.494 e. The molecule has 3 rings (SSSR count). The highest BCUT2D eigenvalue weighted by molar-refractivity contribution is 5.86. The second-order valence-electron chi connectivity index (χ2n) is 5.68. The van der Waals surface area contributed by atoms with Gasteiger partial charge in [-0.15, -0.1) is 0 Å². The van der Waals surface area contributed by atoms with E-state index in [-0.39, 0.29) is 6.42 Å². The molecule has 0 aliphatic heterocycles. The number of ether oxygens (including phenoxy) is 1. The molecule has 0 radical (unpaired) electrons. The highest BCUT2D eigenvalue weighted by Crippen LogP contribution is 2.27. The van der Waals surface area contributed by atoms with Crippen molar-refractivity contribution >= 4 is 16.8 Å². The molecule has 25 heavy (non-hydrogen) atoms. The van der Waals surface area contributed by atoms with Crippen molar-refractivity contribution in [2.75, 3.05) is 6.61 Å². The summed E-state index contributed by atoms with van der Waals surface area (Å²) >= 11 is 0. The molecule has 5 heteroatoms. The summed E-state index contributed by atoms with van der Waals surface area (Å²) in [5.74, 6) is 0.400. The van der Waals surface area contributed by atoms with Crippen LogP contribution in [0.4, 0.5) is 0 Å². The second-order valence-corrected chi connectivity index (χ2v) is 5.68. The van der Waals surface area contributed by atoms with Crippen LogP contribution in [0.2, 0.25) is 0 Å². The van der Waals surface area contributed by atoms with Crippen LogP contribution in [0.15, 0.2) is 54.6 Å². The van der Waals surface area contributed by atoms with Crippen molar-refractivity contribution < 1.29 is 14.7 Å². The number of nitrogens with one attached hydrogen (secondary N) is 1. The Morgan fingerprint density at radius 3 is 2.80 bits per heavy atom. The molecule has 0 saturated carbocycles. The summed E-state index contributed by atoms with van der Waals surface area (Å²) in [4.78, 5) is 16.1. The van der Waals surface area contributed by atoms with E-state index in [1.807, 2.05) is 61.5 Å². The minimum absolute atomic E-state index is 0.211. The number of para-hydroxylation sites is 1. The summed E-state index contributed by atoms with van der Waals surface area (Å²) in [6, 6.07) is 17.7. The Morgan fingerprint density at radius 1 is 1.16 bits per heavy atom. The Morgan fingerprint density at radius 2 is 2.00 bits per heavy atom. The van der Waals surface area contributed by atoms with Gasteiger partial charge in [0.15, 0.2) is 0 Å². The fourth-order valence-electron chi connectivity index (χ4n) is 2.82. The molecule has 128 valence electrons. The number of aryl methyl sites for hydroxylation is 1. The normalized spacial score (nSPS) is 10.6. The molecule has 0 unspecified atom stereocenters. The van der Waals surface area contributed by atoms with Gasteiger partial charge in [0.05, 0.1) is 17.8 Å². The van der Waals surface area contributed by atoms with Gasteiger partial charge in [0.2, 0.25) is 5.91 Å². The zero-order valence-corrected chi connectivity index (χ0v) is 14.0. The van der Waals surface area contributed by atoms with Crippen LogP contribution < -0.4 is 10.2 Å². The van der Waals surface area contributed by atoms with Crippen LogP contribution in [0.3, 0.4) is 0 Å². The van der Waals surface area contributed by atoms with Gasteiger partial charge in [0.25, 0.3) is 0 Å². The molecule has 2 aromatic carbocycles. The zero-order valence-electron chi connectivity index (χ0n) is 14.0. The van der Waals surface area contributed by atoms with Crippen LogP contribution in [-0.2, 0) is 11.2 Å². The first-order valence-corrected chi connectivity index (χ1v) is 8.26. The van der Waals surface area contributed by atoms with Crippen LogP contribution in [0.1, 0.15) is 18.9 Å². The molecule has 5 nitrogen and oxygen atoms in total. The number of hydrogen-bond donors (Lipinski definition) is 2. The molecule has 0 saturated heterocycles. The number of rotatable bonds is 6. The van der Waals surface area contributed by atoms with Gasteiger partial charge in [-0.3, -0.25) is 10.0 Å². The standard InChI is InChI=1S/C20H20N2O3/c1-2-25-16-7-5-6-15(12-16)19-13-14(10-11-20(23)22-24)17-8-3-4-9-18(17)21-19/h3-9,12-13,24H,2,10-11H2,1H3,(H,22,23). The molecule has 0 bridgehead atoms. The summed E-state index contributed by atoms with van der Waals surface area (Å²) in [7, 11) is 0. The molecule has 3 aromatic rings. The van der Waals surface area contributed by atoms with Crippen LogP contribution in [0.5, 0.6) is 5.75 Å². The lowest BCUT2D eigenvalue weighted by Gasteiger charge is -2.11. The molecule has 1 amide bonds. The maximum atomic E-state index is 11.4. The van der Waals surface area contributed by atoms with E-state index in [9.17, 15) is 4.79 Å². The van der Waals surface area contributed by atoms with Crippen LogP contribution >= 0.6 is 0 Å². The van der Waals surface area contributed by atoms with E-state index in [0.29, 0.717) is 13.0 Å². The molecule has 2 N–H and O–H groups in total. The molecule has 1 aromatic heterocycles. The number of hydrogen-bond acceptors (Lipinski definition) is 4. The molecule has 0 spiro atoms. The molecule has 0 aliphatic rings. The Bertz CT molecular complexity index is 893. The zero-order chi connectivity index (χ0) is 17.6. The van der Waals surface area contributed by atoms with Crippen molar-refractivity contribution in [3.8, 4) is 17.0 Å². The number of carbonyl (C=O) groups excluding carboxylic acids is 1. The summed E-state index contributed by atoms with van der Waals surface area (Å²) in [5.41, 5.74) is 5.37.